The van der Waals surface area contributed by atoms with Crippen LogP contribution in [0.4, 0.5) is 5.69 Å². The monoisotopic (exact) mass is 337 g/mol. The molecule has 1 aromatic carbocycles. The zero-order valence-corrected chi connectivity index (χ0v) is 16.3. The lowest BCUT2D eigenvalue weighted by Crippen LogP contribution is -2.47. The van der Waals surface area contributed by atoms with E-state index in [1.54, 1.807) is 0 Å². The molecular formula is C23H32N2. The summed E-state index contributed by atoms with van der Waals surface area (Å²) in [6, 6.07) is 8.66. The minimum atomic E-state index is -0.568. The van der Waals surface area contributed by atoms with Crippen molar-refractivity contribution < 1.29 is 1.37 Å². The summed E-state index contributed by atoms with van der Waals surface area (Å²) < 4.78 is 9.42. The van der Waals surface area contributed by atoms with E-state index in [1.165, 1.54) is 48.3 Å². The SMILES string of the molecule is [2H]C1(C2CCCC2)C=CN2C1=C(C)N(c1ccccc1C)C2C(C)(C)C. The first kappa shape index (κ1) is 15.5. The first-order chi connectivity index (χ1) is 12.2. The molecule has 1 saturated carbocycles. The maximum absolute atomic E-state index is 9.42. The van der Waals surface area contributed by atoms with Crippen molar-refractivity contribution >= 4 is 5.69 Å². The largest absolute Gasteiger partial charge is 0.328 e. The second kappa shape index (κ2) is 5.93. The molecule has 25 heavy (non-hydrogen) atoms. The predicted octanol–water partition coefficient (Wildman–Crippen LogP) is 6.05. The van der Waals surface area contributed by atoms with Crippen molar-refractivity contribution in [3.05, 3.63) is 53.5 Å². The Morgan fingerprint density at radius 1 is 1.08 bits per heavy atom. The van der Waals surface area contributed by atoms with Crippen LogP contribution in [0.3, 0.4) is 0 Å². The van der Waals surface area contributed by atoms with Crippen molar-refractivity contribution in [2.24, 2.45) is 17.2 Å². The van der Waals surface area contributed by atoms with E-state index in [-0.39, 0.29) is 11.6 Å². The van der Waals surface area contributed by atoms with E-state index >= 15 is 0 Å². The van der Waals surface area contributed by atoms with Crippen molar-refractivity contribution in [1.82, 2.24) is 4.90 Å². The number of nitrogens with zero attached hydrogens (tertiary/aromatic N) is 2. The van der Waals surface area contributed by atoms with Crippen LogP contribution < -0.4 is 4.90 Å². The van der Waals surface area contributed by atoms with Crippen LogP contribution in [-0.4, -0.2) is 11.1 Å². The number of hydrogen-bond donors (Lipinski definition) is 0. The molecule has 2 heteroatoms. The van der Waals surface area contributed by atoms with Crippen LogP contribution in [-0.2, 0) is 0 Å². The number of allylic oxidation sites excluding steroid dienone is 2. The molecule has 2 nitrogen and oxygen atoms in total. The van der Waals surface area contributed by atoms with Crippen LogP contribution in [0.1, 0.15) is 60.3 Å². The normalized spacial score (nSPS) is 30.4. The van der Waals surface area contributed by atoms with Gasteiger partial charge in [0.05, 0.1) is 0 Å². The molecule has 3 aliphatic rings. The third-order valence-electron chi connectivity index (χ3n) is 6.10. The molecule has 1 aliphatic carbocycles. The number of fused-ring (bicyclic) bond motifs is 1. The van der Waals surface area contributed by atoms with Crippen LogP contribution in [0.5, 0.6) is 0 Å². The maximum atomic E-state index is 9.42. The minimum absolute atomic E-state index is 0.0660. The maximum Gasteiger partial charge on any atom is 0.115 e. The highest BCUT2D eigenvalue weighted by molar-refractivity contribution is 5.62. The topological polar surface area (TPSA) is 6.48 Å². The number of benzene rings is 1. The van der Waals surface area contributed by atoms with Crippen molar-refractivity contribution in [2.45, 2.75) is 66.5 Å². The standard InChI is InChI=1S/C23H32N2/c1-16-10-6-9-13-20(16)25-17(2)21-19(18-11-7-8-12-18)14-15-24(21)22(25)23(3,4)5/h6,9-10,13-15,18-19,22H,7-8,11-12H2,1-5H3/i19D. The van der Waals surface area contributed by atoms with E-state index < -0.39 is 5.89 Å². The zero-order valence-electron chi connectivity index (χ0n) is 17.3. The molecule has 4 rings (SSSR count). The van der Waals surface area contributed by atoms with E-state index in [9.17, 15) is 1.37 Å². The van der Waals surface area contributed by atoms with Gasteiger partial charge in [0.2, 0.25) is 0 Å². The van der Waals surface area contributed by atoms with Crippen LogP contribution in [0, 0.1) is 24.2 Å². The average molecular weight is 338 g/mol. The third-order valence-corrected chi connectivity index (χ3v) is 6.10. The van der Waals surface area contributed by atoms with Gasteiger partial charge < -0.3 is 9.80 Å². The molecule has 0 N–H and O–H groups in total. The number of anilines is 1. The van der Waals surface area contributed by atoms with E-state index in [0.717, 1.165) is 0 Å². The molecule has 0 amide bonds. The fourth-order valence-corrected chi connectivity index (χ4v) is 5.00. The van der Waals surface area contributed by atoms with Gasteiger partial charge in [-0.25, -0.2) is 0 Å². The third kappa shape index (κ3) is 2.61. The molecule has 2 heterocycles. The molecule has 2 atom stereocenters. The first-order valence-electron chi connectivity index (χ1n) is 10.3. The van der Waals surface area contributed by atoms with E-state index in [2.05, 4.69) is 81.0 Å². The molecule has 0 saturated heterocycles. The number of rotatable bonds is 2. The molecule has 1 fully saturated rings. The van der Waals surface area contributed by atoms with Gasteiger partial charge in [-0.1, -0.05) is 57.9 Å². The second-order valence-electron chi connectivity index (χ2n) is 8.99. The number of aryl methyl sites for hydroxylation is 1. The molecule has 1 aromatic rings. The van der Waals surface area contributed by atoms with Crippen LogP contribution >= 0.6 is 0 Å². The van der Waals surface area contributed by atoms with Crippen LogP contribution in [0.25, 0.3) is 0 Å². The fourth-order valence-electron chi connectivity index (χ4n) is 5.00. The highest BCUT2D eigenvalue weighted by atomic mass is 15.4. The smallest absolute Gasteiger partial charge is 0.115 e. The summed E-state index contributed by atoms with van der Waals surface area (Å²) in [6.45, 7) is 11.4. The Kier molecular flexibility index (Phi) is 3.69. The molecular weight excluding hydrogens is 304 g/mol. The Balaban J connectivity index is 1.86. The number of hydrogen-bond acceptors (Lipinski definition) is 2. The van der Waals surface area contributed by atoms with E-state index in [0.29, 0.717) is 5.92 Å². The molecule has 2 aliphatic heterocycles. The van der Waals surface area contributed by atoms with Crippen molar-refractivity contribution in [2.75, 3.05) is 4.90 Å². The van der Waals surface area contributed by atoms with Gasteiger partial charge in [0.25, 0.3) is 0 Å². The summed E-state index contributed by atoms with van der Waals surface area (Å²) in [5, 5.41) is 0. The highest BCUT2D eigenvalue weighted by Gasteiger charge is 2.48. The summed E-state index contributed by atoms with van der Waals surface area (Å²) in [6.07, 6.45) is 9.51. The van der Waals surface area contributed by atoms with Gasteiger partial charge in [-0.2, -0.15) is 0 Å². The molecule has 2 unspecified atom stereocenters. The minimum Gasteiger partial charge on any atom is -0.328 e. The summed E-state index contributed by atoms with van der Waals surface area (Å²) in [5.74, 6) is -0.118. The van der Waals surface area contributed by atoms with E-state index in [4.69, 9.17) is 0 Å². The Labute approximate surface area is 154 Å². The lowest BCUT2D eigenvalue weighted by molar-refractivity contribution is 0.194. The zero-order chi connectivity index (χ0) is 18.7. The van der Waals surface area contributed by atoms with Crippen molar-refractivity contribution in [1.29, 1.82) is 0 Å². The molecule has 0 bridgehead atoms. The fraction of sp³-hybridized carbons (Fsp3) is 0.565. The van der Waals surface area contributed by atoms with Gasteiger partial charge in [-0.15, -0.1) is 0 Å². The lowest BCUT2D eigenvalue weighted by atomic mass is 9.88. The lowest BCUT2D eigenvalue weighted by Gasteiger charge is -2.41. The molecule has 134 valence electrons. The van der Waals surface area contributed by atoms with Gasteiger partial charge in [0.15, 0.2) is 0 Å². The Morgan fingerprint density at radius 2 is 1.76 bits per heavy atom. The van der Waals surface area contributed by atoms with Gasteiger partial charge >= 0.3 is 0 Å². The molecule has 0 radical (unpaired) electrons. The van der Waals surface area contributed by atoms with Crippen LogP contribution in [0.15, 0.2) is 47.9 Å². The predicted molar refractivity (Wildman–Crippen MR) is 106 cm³/mol. The Morgan fingerprint density at radius 3 is 2.40 bits per heavy atom. The van der Waals surface area contributed by atoms with Gasteiger partial charge in [-0.05, 0) is 44.2 Å². The summed E-state index contributed by atoms with van der Waals surface area (Å²) in [5.41, 5.74) is 5.10. The summed E-state index contributed by atoms with van der Waals surface area (Å²) in [4.78, 5) is 4.90. The van der Waals surface area contributed by atoms with Gasteiger partial charge in [0.1, 0.15) is 6.17 Å². The molecule has 0 aromatic heterocycles. The quantitative estimate of drug-likeness (QED) is 0.647. The van der Waals surface area contributed by atoms with Crippen LogP contribution in [0.2, 0.25) is 0 Å². The van der Waals surface area contributed by atoms with Crippen molar-refractivity contribution in [3.63, 3.8) is 0 Å². The first-order valence-corrected chi connectivity index (χ1v) is 9.79. The van der Waals surface area contributed by atoms with Gasteiger partial charge in [0, 0.05) is 36.0 Å². The highest BCUT2D eigenvalue weighted by Crippen LogP contribution is 2.50. The Bertz CT molecular complexity index is 767. The average Bonchev–Trinajstić information content (AvgIpc) is 3.26. The Hall–Kier alpha value is -1.70. The number of para-hydroxylation sites is 1. The summed E-state index contributed by atoms with van der Waals surface area (Å²) >= 11 is 0. The molecule has 0 spiro atoms. The van der Waals surface area contributed by atoms with Gasteiger partial charge in [-0.3, -0.25) is 0 Å². The second-order valence-corrected chi connectivity index (χ2v) is 8.99. The summed E-state index contributed by atoms with van der Waals surface area (Å²) in [7, 11) is 0. The van der Waals surface area contributed by atoms with E-state index in [1.807, 2.05) is 0 Å². The van der Waals surface area contributed by atoms with Crippen molar-refractivity contribution in [3.8, 4) is 0 Å².